The Labute approximate surface area is 167 Å². The molecule has 1 aliphatic rings. The number of aliphatic hydroxyl groups excluding tert-OH is 1. The average Bonchev–Trinajstić information content (AvgIpc) is 2.71. The number of guanidine groups is 1. The Bertz CT molecular complexity index is 946. The Balaban J connectivity index is 1.76. The molecule has 4 N–H and O–H groups in total. The van der Waals surface area contributed by atoms with Gasteiger partial charge >= 0.3 is 0 Å². The van der Waals surface area contributed by atoms with E-state index >= 15 is 0 Å². The second kappa shape index (κ2) is 8.23. The zero-order chi connectivity index (χ0) is 21.0. The molecule has 0 fully saturated rings. The molecule has 1 aromatic carbocycles. The number of carbonyl (C=O) groups is 2. The number of nitrogens with zero attached hydrogens (tertiary/aromatic N) is 4. The number of hydrogen-bond donors (Lipinski definition) is 3. The zero-order valence-corrected chi connectivity index (χ0v) is 16.1. The SMILES string of the molecule is CN1C(=O)CC(C)(c2cccc(NC(=O)c3cnc(OCCO)cn3)c2)N=C1N. The van der Waals surface area contributed by atoms with Gasteiger partial charge in [0.1, 0.15) is 12.3 Å². The van der Waals surface area contributed by atoms with Crippen LogP contribution in [-0.2, 0) is 10.3 Å². The number of nitrogens with one attached hydrogen (secondary N) is 1. The number of amides is 2. The summed E-state index contributed by atoms with van der Waals surface area (Å²) < 4.78 is 5.12. The predicted molar refractivity (Wildman–Crippen MR) is 105 cm³/mol. The Morgan fingerprint density at radius 2 is 2.17 bits per heavy atom. The van der Waals surface area contributed by atoms with Gasteiger partial charge in [-0.15, -0.1) is 0 Å². The van der Waals surface area contributed by atoms with Gasteiger partial charge in [0, 0.05) is 12.7 Å². The minimum absolute atomic E-state index is 0.0943. The van der Waals surface area contributed by atoms with E-state index in [4.69, 9.17) is 15.6 Å². The summed E-state index contributed by atoms with van der Waals surface area (Å²) in [4.78, 5) is 38.4. The van der Waals surface area contributed by atoms with E-state index in [1.807, 2.05) is 13.0 Å². The van der Waals surface area contributed by atoms with Gasteiger partial charge in [-0.05, 0) is 24.6 Å². The monoisotopic (exact) mass is 398 g/mol. The van der Waals surface area contributed by atoms with E-state index in [1.165, 1.54) is 17.3 Å². The first-order valence-corrected chi connectivity index (χ1v) is 8.92. The Morgan fingerprint density at radius 1 is 1.38 bits per heavy atom. The molecule has 0 bridgehead atoms. The molecule has 0 radical (unpaired) electrons. The van der Waals surface area contributed by atoms with Crippen molar-refractivity contribution in [2.24, 2.45) is 10.7 Å². The van der Waals surface area contributed by atoms with E-state index in [9.17, 15) is 9.59 Å². The van der Waals surface area contributed by atoms with Crippen molar-refractivity contribution in [3.63, 3.8) is 0 Å². The van der Waals surface area contributed by atoms with Gasteiger partial charge < -0.3 is 20.9 Å². The summed E-state index contributed by atoms with van der Waals surface area (Å²) in [6.45, 7) is 1.77. The molecule has 2 amide bonds. The lowest BCUT2D eigenvalue weighted by Gasteiger charge is -2.33. The number of nitrogens with two attached hydrogens (primary N) is 1. The first kappa shape index (κ1) is 20.2. The van der Waals surface area contributed by atoms with Gasteiger partial charge in [0.05, 0.1) is 31.0 Å². The number of hydrogen-bond acceptors (Lipinski definition) is 8. The lowest BCUT2D eigenvalue weighted by Crippen LogP contribution is -2.47. The number of ether oxygens (including phenoxy) is 1. The summed E-state index contributed by atoms with van der Waals surface area (Å²) in [5.74, 6) is -0.214. The summed E-state index contributed by atoms with van der Waals surface area (Å²) in [5, 5.41) is 11.5. The molecule has 1 aromatic heterocycles. The maximum absolute atomic E-state index is 12.5. The second-order valence-electron chi connectivity index (χ2n) is 6.72. The highest BCUT2D eigenvalue weighted by Gasteiger charge is 2.36. The van der Waals surface area contributed by atoms with Crippen molar-refractivity contribution < 1.29 is 19.4 Å². The van der Waals surface area contributed by atoms with Gasteiger partial charge in [-0.25, -0.2) is 15.0 Å². The van der Waals surface area contributed by atoms with Crippen LogP contribution in [-0.4, -0.2) is 58.0 Å². The van der Waals surface area contributed by atoms with Crippen LogP contribution in [0.1, 0.15) is 29.4 Å². The number of aliphatic imine (C=N–C) groups is 1. The predicted octanol–water partition coefficient (Wildman–Crippen LogP) is 0.492. The van der Waals surface area contributed by atoms with Crippen LogP contribution >= 0.6 is 0 Å². The summed E-state index contributed by atoms with van der Waals surface area (Å²) in [7, 11) is 1.58. The number of anilines is 1. The van der Waals surface area contributed by atoms with Crippen LogP contribution in [0.2, 0.25) is 0 Å². The van der Waals surface area contributed by atoms with Crippen LogP contribution in [0.4, 0.5) is 5.69 Å². The number of carbonyl (C=O) groups excluding carboxylic acids is 2. The van der Waals surface area contributed by atoms with Crippen LogP contribution in [0, 0.1) is 0 Å². The number of aromatic nitrogens is 2. The fraction of sp³-hybridized carbons (Fsp3) is 0.316. The first-order valence-electron chi connectivity index (χ1n) is 8.92. The minimum Gasteiger partial charge on any atom is -0.474 e. The van der Waals surface area contributed by atoms with Crippen molar-refractivity contribution in [1.82, 2.24) is 14.9 Å². The number of benzene rings is 1. The van der Waals surface area contributed by atoms with Gasteiger partial charge in [-0.3, -0.25) is 14.5 Å². The number of aliphatic hydroxyl groups is 1. The Hall–Kier alpha value is -3.53. The van der Waals surface area contributed by atoms with Crippen LogP contribution in [0.3, 0.4) is 0 Å². The summed E-state index contributed by atoms with van der Waals surface area (Å²) in [6.07, 6.45) is 2.76. The lowest BCUT2D eigenvalue weighted by molar-refractivity contribution is -0.128. The van der Waals surface area contributed by atoms with Crippen molar-refractivity contribution in [2.45, 2.75) is 18.9 Å². The third kappa shape index (κ3) is 4.49. The molecule has 2 aromatic rings. The zero-order valence-electron chi connectivity index (χ0n) is 16.1. The van der Waals surface area contributed by atoms with Crippen molar-refractivity contribution in [3.8, 4) is 5.88 Å². The molecule has 2 heterocycles. The molecule has 0 aliphatic carbocycles. The quantitative estimate of drug-likeness (QED) is 0.642. The summed E-state index contributed by atoms with van der Waals surface area (Å²) >= 11 is 0. The average molecular weight is 398 g/mol. The molecule has 0 spiro atoms. The van der Waals surface area contributed by atoms with Crippen LogP contribution in [0.15, 0.2) is 41.7 Å². The molecular weight excluding hydrogens is 376 g/mol. The molecule has 10 heteroatoms. The molecule has 1 atom stereocenters. The normalized spacial score (nSPS) is 18.9. The summed E-state index contributed by atoms with van der Waals surface area (Å²) in [6, 6.07) is 7.07. The van der Waals surface area contributed by atoms with E-state index in [0.717, 1.165) is 5.56 Å². The van der Waals surface area contributed by atoms with Gasteiger partial charge in [-0.1, -0.05) is 12.1 Å². The fourth-order valence-electron chi connectivity index (χ4n) is 2.86. The largest absolute Gasteiger partial charge is 0.474 e. The molecular formula is C19H22N6O4. The maximum atomic E-state index is 12.5. The number of rotatable bonds is 6. The third-order valence-corrected chi connectivity index (χ3v) is 4.52. The minimum atomic E-state index is -0.820. The van der Waals surface area contributed by atoms with Crippen molar-refractivity contribution >= 4 is 23.5 Å². The van der Waals surface area contributed by atoms with E-state index < -0.39 is 11.4 Å². The van der Waals surface area contributed by atoms with E-state index in [1.54, 1.807) is 25.2 Å². The second-order valence-corrected chi connectivity index (χ2v) is 6.72. The maximum Gasteiger partial charge on any atom is 0.275 e. The standard InChI is InChI=1S/C19H22N6O4/c1-19(9-16(27)25(2)18(20)24-19)12-4-3-5-13(8-12)23-17(28)14-10-22-15(11-21-14)29-7-6-26/h3-5,8,10-11,26H,6-7,9H2,1-2H3,(H2,20,24)(H,23,28). The topological polar surface area (TPSA) is 143 Å². The molecule has 1 unspecified atom stereocenters. The van der Waals surface area contributed by atoms with E-state index in [0.29, 0.717) is 5.69 Å². The van der Waals surface area contributed by atoms with Crippen molar-refractivity contribution in [3.05, 3.63) is 47.9 Å². The van der Waals surface area contributed by atoms with E-state index in [-0.39, 0.29) is 43.1 Å². The van der Waals surface area contributed by atoms with Gasteiger partial charge in [-0.2, -0.15) is 0 Å². The Kier molecular flexibility index (Phi) is 5.74. The first-order chi connectivity index (χ1) is 13.8. The van der Waals surface area contributed by atoms with E-state index in [2.05, 4.69) is 20.3 Å². The highest BCUT2D eigenvalue weighted by molar-refractivity contribution is 6.03. The fourth-order valence-corrected chi connectivity index (χ4v) is 2.86. The molecule has 0 saturated carbocycles. The highest BCUT2D eigenvalue weighted by Crippen LogP contribution is 2.34. The van der Waals surface area contributed by atoms with Crippen molar-refractivity contribution in [1.29, 1.82) is 0 Å². The third-order valence-electron chi connectivity index (χ3n) is 4.52. The van der Waals surface area contributed by atoms with Crippen molar-refractivity contribution in [2.75, 3.05) is 25.6 Å². The van der Waals surface area contributed by atoms with Crippen LogP contribution < -0.4 is 15.8 Å². The smallest absolute Gasteiger partial charge is 0.275 e. The molecule has 1 aliphatic heterocycles. The van der Waals surface area contributed by atoms with Gasteiger partial charge in [0.2, 0.25) is 11.8 Å². The molecule has 10 nitrogen and oxygen atoms in total. The van der Waals surface area contributed by atoms with Crippen LogP contribution in [0.5, 0.6) is 5.88 Å². The highest BCUT2D eigenvalue weighted by atomic mass is 16.5. The molecule has 29 heavy (non-hydrogen) atoms. The van der Waals surface area contributed by atoms with Gasteiger partial charge in [0.15, 0.2) is 5.96 Å². The molecule has 0 saturated heterocycles. The lowest BCUT2D eigenvalue weighted by atomic mass is 9.87. The summed E-state index contributed by atoms with van der Waals surface area (Å²) in [5.41, 5.74) is 6.42. The molecule has 152 valence electrons. The van der Waals surface area contributed by atoms with Gasteiger partial charge in [0.25, 0.3) is 5.91 Å². The Morgan fingerprint density at radius 3 is 2.83 bits per heavy atom. The van der Waals surface area contributed by atoms with Crippen LogP contribution in [0.25, 0.3) is 0 Å². The molecule has 3 rings (SSSR count).